The molecule has 0 atom stereocenters. The quantitative estimate of drug-likeness (QED) is 0.863. The molecular formula is C17H17ClN2O4S. The molecule has 0 saturated carbocycles. The summed E-state index contributed by atoms with van der Waals surface area (Å²) in [6, 6.07) is 11.0. The van der Waals surface area contributed by atoms with Gasteiger partial charge in [-0.15, -0.1) is 0 Å². The van der Waals surface area contributed by atoms with Crippen molar-refractivity contribution in [3.63, 3.8) is 0 Å². The Morgan fingerprint density at radius 2 is 1.88 bits per heavy atom. The molecule has 1 aliphatic rings. The number of carbonyl (C=O) groups excluding carboxylic acids is 1. The molecule has 25 heavy (non-hydrogen) atoms. The highest BCUT2D eigenvalue weighted by molar-refractivity contribution is 7.92. The Morgan fingerprint density at radius 3 is 2.44 bits per heavy atom. The third-order valence-corrected chi connectivity index (χ3v) is 5.61. The zero-order valence-electron chi connectivity index (χ0n) is 13.5. The lowest BCUT2D eigenvalue weighted by molar-refractivity contribution is -0.117. The van der Waals surface area contributed by atoms with Crippen molar-refractivity contribution in [3.8, 4) is 5.75 Å². The van der Waals surface area contributed by atoms with E-state index in [1.165, 1.54) is 25.3 Å². The lowest BCUT2D eigenvalue weighted by atomic mass is 10.2. The standard InChI is InChI=1S/C17H17ClN2O4S/c1-24-16-9-8-14(11-15(16)18)25(22,23)19-12-4-6-13(7-5-12)20-10-2-3-17(20)21/h4-9,11,19H,2-3,10H2,1H3. The Balaban J connectivity index is 1.79. The number of ether oxygens (including phenoxy) is 1. The van der Waals surface area contributed by atoms with Gasteiger partial charge in [-0.25, -0.2) is 8.42 Å². The molecule has 0 radical (unpaired) electrons. The van der Waals surface area contributed by atoms with Crippen molar-refractivity contribution in [2.24, 2.45) is 0 Å². The van der Waals surface area contributed by atoms with E-state index in [4.69, 9.17) is 16.3 Å². The molecule has 132 valence electrons. The number of hydrogen-bond donors (Lipinski definition) is 1. The lowest BCUT2D eigenvalue weighted by Gasteiger charge is -2.16. The maximum absolute atomic E-state index is 12.5. The summed E-state index contributed by atoms with van der Waals surface area (Å²) in [7, 11) is -2.32. The van der Waals surface area contributed by atoms with E-state index >= 15 is 0 Å². The molecule has 1 amide bonds. The van der Waals surface area contributed by atoms with E-state index in [9.17, 15) is 13.2 Å². The lowest BCUT2D eigenvalue weighted by Crippen LogP contribution is -2.23. The fourth-order valence-electron chi connectivity index (χ4n) is 2.66. The summed E-state index contributed by atoms with van der Waals surface area (Å²) in [5.41, 5.74) is 1.17. The second kappa shape index (κ2) is 6.93. The average Bonchev–Trinajstić information content (AvgIpc) is 3.01. The van der Waals surface area contributed by atoms with Crippen LogP contribution < -0.4 is 14.4 Å². The Morgan fingerprint density at radius 1 is 1.16 bits per heavy atom. The zero-order valence-corrected chi connectivity index (χ0v) is 15.1. The second-order valence-electron chi connectivity index (χ2n) is 5.60. The van der Waals surface area contributed by atoms with Crippen molar-refractivity contribution in [2.75, 3.05) is 23.3 Å². The highest BCUT2D eigenvalue weighted by Gasteiger charge is 2.22. The number of benzene rings is 2. The number of halogens is 1. The van der Waals surface area contributed by atoms with Crippen LogP contribution in [0.4, 0.5) is 11.4 Å². The summed E-state index contributed by atoms with van der Waals surface area (Å²) in [4.78, 5) is 13.5. The van der Waals surface area contributed by atoms with E-state index < -0.39 is 10.0 Å². The molecule has 0 aliphatic carbocycles. The van der Waals surface area contributed by atoms with Crippen LogP contribution in [0.2, 0.25) is 5.02 Å². The van der Waals surface area contributed by atoms with E-state index in [1.54, 1.807) is 29.2 Å². The third-order valence-electron chi connectivity index (χ3n) is 3.94. The molecule has 0 aromatic heterocycles. The minimum atomic E-state index is -3.77. The van der Waals surface area contributed by atoms with E-state index in [0.717, 1.165) is 12.1 Å². The van der Waals surface area contributed by atoms with Gasteiger partial charge < -0.3 is 9.64 Å². The molecule has 2 aromatic rings. The Labute approximate surface area is 151 Å². The number of nitrogens with zero attached hydrogens (tertiary/aromatic N) is 1. The smallest absolute Gasteiger partial charge is 0.261 e. The molecule has 1 fully saturated rings. The highest BCUT2D eigenvalue weighted by atomic mass is 35.5. The van der Waals surface area contributed by atoms with Crippen LogP contribution >= 0.6 is 11.6 Å². The summed E-state index contributed by atoms with van der Waals surface area (Å²) >= 11 is 5.99. The molecular weight excluding hydrogens is 364 g/mol. The first kappa shape index (κ1) is 17.6. The van der Waals surface area contributed by atoms with Gasteiger partial charge in [0, 0.05) is 24.3 Å². The van der Waals surface area contributed by atoms with E-state index in [0.29, 0.717) is 24.4 Å². The maximum atomic E-state index is 12.5. The molecule has 3 rings (SSSR count). The number of hydrogen-bond acceptors (Lipinski definition) is 4. The van der Waals surface area contributed by atoms with Gasteiger partial charge in [-0.1, -0.05) is 11.6 Å². The third kappa shape index (κ3) is 3.72. The molecule has 1 saturated heterocycles. The van der Waals surface area contributed by atoms with Crippen molar-refractivity contribution in [1.29, 1.82) is 0 Å². The summed E-state index contributed by atoms with van der Waals surface area (Å²) in [5.74, 6) is 0.487. The Kier molecular flexibility index (Phi) is 4.87. The summed E-state index contributed by atoms with van der Waals surface area (Å²) in [6.07, 6.45) is 1.39. The summed E-state index contributed by atoms with van der Waals surface area (Å²) < 4.78 is 32.5. The van der Waals surface area contributed by atoms with Gasteiger partial charge >= 0.3 is 0 Å². The van der Waals surface area contributed by atoms with Crippen molar-refractivity contribution >= 4 is 38.9 Å². The molecule has 0 unspecified atom stereocenters. The van der Waals surface area contributed by atoms with Crippen LogP contribution in [0.3, 0.4) is 0 Å². The van der Waals surface area contributed by atoms with Crippen LogP contribution in [-0.4, -0.2) is 28.0 Å². The maximum Gasteiger partial charge on any atom is 0.261 e. The van der Waals surface area contributed by atoms with Crippen molar-refractivity contribution < 1.29 is 17.9 Å². The molecule has 2 aromatic carbocycles. The largest absolute Gasteiger partial charge is 0.495 e. The number of sulfonamides is 1. The van der Waals surface area contributed by atoms with Crippen LogP contribution in [0.25, 0.3) is 0 Å². The topological polar surface area (TPSA) is 75.7 Å². The fourth-order valence-corrected chi connectivity index (χ4v) is 4.07. The van der Waals surface area contributed by atoms with E-state index in [2.05, 4.69) is 4.72 Å². The van der Waals surface area contributed by atoms with Gasteiger partial charge in [0.2, 0.25) is 5.91 Å². The SMILES string of the molecule is COc1ccc(S(=O)(=O)Nc2ccc(N3CCCC3=O)cc2)cc1Cl. The van der Waals surface area contributed by atoms with Crippen LogP contribution in [0, 0.1) is 0 Å². The fraction of sp³-hybridized carbons (Fsp3) is 0.235. The predicted molar refractivity (Wildman–Crippen MR) is 96.8 cm³/mol. The van der Waals surface area contributed by atoms with Gasteiger partial charge in [0.25, 0.3) is 10.0 Å². The molecule has 6 nitrogen and oxygen atoms in total. The minimum absolute atomic E-state index is 0.0390. The van der Waals surface area contributed by atoms with Crippen molar-refractivity contribution in [2.45, 2.75) is 17.7 Å². The molecule has 8 heteroatoms. The zero-order chi connectivity index (χ0) is 18.0. The van der Waals surface area contributed by atoms with Gasteiger partial charge in [-0.3, -0.25) is 9.52 Å². The molecule has 0 bridgehead atoms. The second-order valence-corrected chi connectivity index (χ2v) is 7.69. The number of nitrogens with one attached hydrogen (secondary N) is 1. The number of carbonyl (C=O) groups is 1. The number of anilines is 2. The van der Waals surface area contributed by atoms with E-state index in [1.807, 2.05) is 0 Å². The first-order chi connectivity index (χ1) is 11.9. The molecule has 0 spiro atoms. The van der Waals surface area contributed by atoms with Crippen LogP contribution in [0.15, 0.2) is 47.4 Å². The first-order valence-electron chi connectivity index (χ1n) is 7.67. The van der Waals surface area contributed by atoms with Gasteiger partial charge in [0.15, 0.2) is 0 Å². The van der Waals surface area contributed by atoms with Crippen molar-refractivity contribution in [3.05, 3.63) is 47.5 Å². The van der Waals surface area contributed by atoms with Gasteiger partial charge in [0.1, 0.15) is 5.75 Å². The normalized spacial score (nSPS) is 14.6. The highest BCUT2D eigenvalue weighted by Crippen LogP contribution is 2.28. The van der Waals surface area contributed by atoms with Gasteiger partial charge in [-0.05, 0) is 48.9 Å². The van der Waals surface area contributed by atoms with Crippen LogP contribution in [-0.2, 0) is 14.8 Å². The predicted octanol–water partition coefficient (Wildman–Crippen LogP) is 3.28. The number of amides is 1. The molecule has 1 N–H and O–H groups in total. The van der Waals surface area contributed by atoms with Crippen LogP contribution in [0.5, 0.6) is 5.75 Å². The van der Waals surface area contributed by atoms with Gasteiger partial charge in [0.05, 0.1) is 17.0 Å². The average molecular weight is 381 g/mol. The number of methoxy groups -OCH3 is 1. The summed E-state index contributed by atoms with van der Waals surface area (Å²) in [6.45, 7) is 0.689. The first-order valence-corrected chi connectivity index (χ1v) is 9.53. The molecule has 1 heterocycles. The van der Waals surface area contributed by atoms with Gasteiger partial charge in [-0.2, -0.15) is 0 Å². The Hall–Kier alpha value is -2.25. The number of rotatable bonds is 5. The van der Waals surface area contributed by atoms with E-state index in [-0.39, 0.29) is 15.8 Å². The van der Waals surface area contributed by atoms with Crippen LogP contribution in [0.1, 0.15) is 12.8 Å². The van der Waals surface area contributed by atoms with Crippen molar-refractivity contribution in [1.82, 2.24) is 0 Å². The molecule has 1 aliphatic heterocycles. The monoisotopic (exact) mass is 380 g/mol. The summed E-state index contributed by atoms with van der Waals surface area (Å²) in [5, 5.41) is 0.216. The minimum Gasteiger partial charge on any atom is -0.495 e. The Bertz CT molecular complexity index is 897.